The van der Waals surface area contributed by atoms with Crippen LogP contribution < -0.4 is 15.1 Å². The highest BCUT2D eigenvalue weighted by molar-refractivity contribution is 7.90. The summed E-state index contributed by atoms with van der Waals surface area (Å²) in [6.07, 6.45) is 9.81. The van der Waals surface area contributed by atoms with Gasteiger partial charge in [-0.3, -0.25) is 9.36 Å². The summed E-state index contributed by atoms with van der Waals surface area (Å²) in [4.78, 5) is 28.2. The summed E-state index contributed by atoms with van der Waals surface area (Å²) in [5.74, 6) is 12.3. The molecule has 0 aliphatic carbocycles. The Morgan fingerprint density at radius 1 is 0.616 bits per heavy atom. The molecule has 376 valence electrons. The molecule has 20 heteroatoms. The number of amides is 1. The van der Waals surface area contributed by atoms with E-state index in [2.05, 4.69) is 59.0 Å². The van der Waals surface area contributed by atoms with Crippen LogP contribution in [0, 0.1) is 23.7 Å². The number of hydrogen-bond acceptors (Lipinski definition) is 13. The maximum atomic E-state index is 14.2. The molecule has 2 fully saturated rings. The highest BCUT2D eigenvalue weighted by Crippen LogP contribution is 2.42. The molecular weight excluding hydrogens is 965 g/mol. The number of nitrogens with one attached hydrogen (secondary N) is 1. The number of carbonyl (C=O) groups excluding carboxylic acids is 1. The quantitative estimate of drug-likeness (QED) is 0.162. The van der Waals surface area contributed by atoms with Crippen molar-refractivity contribution in [1.29, 1.82) is 0 Å². The number of ether oxygens (including phenoxy) is 1. The summed E-state index contributed by atoms with van der Waals surface area (Å²) in [5.41, 5.74) is 5.18. The minimum absolute atomic E-state index is 0.145. The van der Waals surface area contributed by atoms with Crippen LogP contribution in [0.3, 0.4) is 0 Å². The Morgan fingerprint density at radius 3 is 1.42 bits per heavy atom. The summed E-state index contributed by atoms with van der Waals surface area (Å²) in [7, 11) is -4.44. The molecule has 0 atom stereocenters. The van der Waals surface area contributed by atoms with Crippen LogP contribution in [0.1, 0.15) is 45.7 Å². The molecule has 8 heterocycles. The number of carbonyl (C=O) groups is 1. The second kappa shape index (κ2) is 20.3. The summed E-state index contributed by atoms with van der Waals surface area (Å²) in [6, 6.07) is 20.5. The lowest BCUT2D eigenvalue weighted by molar-refractivity contribution is 0.0240. The molecular formula is C53H56N12O6S2. The number of aryl methyl sites for hydroxylation is 2. The average molecular weight is 1020 g/mol. The van der Waals surface area contributed by atoms with Gasteiger partial charge in [0.2, 0.25) is 0 Å². The van der Waals surface area contributed by atoms with E-state index in [1.807, 2.05) is 32.9 Å². The minimum atomic E-state index is -4.06. The normalized spacial score (nSPS) is 14.3. The Balaban J connectivity index is 0.000000183. The van der Waals surface area contributed by atoms with Crippen LogP contribution in [0.4, 0.5) is 16.2 Å². The number of aromatic nitrogens is 8. The number of hydrogen-bond donors (Lipinski definition) is 1. The van der Waals surface area contributed by atoms with Crippen molar-refractivity contribution in [2.75, 3.05) is 62.2 Å². The number of pyridine rings is 2. The van der Waals surface area contributed by atoms with Gasteiger partial charge in [0, 0.05) is 102 Å². The number of piperazine rings is 2. The molecule has 8 aromatic rings. The molecule has 2 aromatic carbocycles. The van der Waals surface area contributed by atoms with E-state index in [4.69, 9.17) is 4.74 Å². The van der Waals surface area contributed by atoms with Crippen molar-refractivity contribution in [2.45, 2.75) is 50.0 Å². The van der Waals surface area contributed by atoms with E-state index in [-0.39, 0.29) is 21.5 Å². The Morgan fingerprint density at radius 2 is 1.04 bits per heavy atom. The van der Waals surface area contributed by atoms with Crippen LogP contribution in [0.2, 0.25) is 0 Å². The zero-order chi connectivity index (χ0) is 51.7. The van der Waals surface area contributed by atoms with E-state index < -0.39 is 25.6 Å². The van der Waals surface area contributed by atoms with Crippen LogP contribution >= 0.6 is 0 Å². The zero-order valence-electron chi connectivity index (χ0n) is 41.7. The number of benzene rings is 2. The van der Waals surface area contributed by atoms with Gasteiger partial charge in [0.25, 0.3) is 20.0 Å². The Bertz CT molecular complexity index is 3710. The molecule has 6 aromatic heterocycles. The van der Waals surface area contributed by atoms with Crippen LogP contribution in [0.5, 0.6) is 0 Å². The number of nitrogens with zero attached hydrogens (tertiary/aromatic N) is 11. The molecule has 0 radical (unpaired) electrons. The first kappa shape index (κ1) is 50.0. The van der Waals surface area contributed by atoms with Gasteiger partial charge >= 0.3 is 6.09 Å². The van der Waals surface area contributed by atoms with E-state index in [0.29, 0.717) is 70.9 Å². The van der Waals surface area contributed by atoms with E-state index in [0.717, 1.165) is 42.9 Å². The van der Waals surface area contributed by atoms with Gasteiger partial charge in [-0.15, -0.1) is 11.8 Å². The van der Waals surface area contributed by atoms with E-state index in [9.17, 15) is 21.6 Å². The van der Waals surface area contributed by atoms with Gasteiger partial charge in [0.1, 0.15) is 5.60 Å². The van der Waals surface area contributed by atoms with Gasteiger partial charge in [-0.25, -0.2) is 39.5 Å². The molecule has 0 unspecified atom stereocenters. The second-order valence-electron chi connectivity index (χ2n) is 18.4. The first-order valence-corrected chi connectivity index (χ1v) is 26.6. The van der Waals surface area contributed by atoms with Gasteiger partial charge < -0.3 is 24.8 Å². The predicted octanol–water partition coefficient (Wildman–Crippen LogP) is 6.56. The fourth-order valence-electron chi connectivity index (χ4n) is 9.18. The van der Waals surface area contributed by atoms with E-state index in [1.165, 1.54) is 7.94 Å². The molecule has 1 N–H and O–H groups in total. The Labute approximate surface area is 425 Å². The molecule has 0 spiro atoms. The van der Waals surface area contributed by atoms with Crippen LogP contribution in [-0.2, 0) is 38.9 Å². The summed E-state index contributed by atoms with van der Waals surface area (Å²) in [5, 5.41) is 13.3. The number of rotatable bonds is 8. The third kappa shape index (κ3) is 9.76. The molecule has 2 aliphatic heterocycles. The van der Waals surface area contributed by atoms with Gasteiger partial charge in [-0.2, -0.15) is 10.2 Å². The maximum Gasteiger partial charge on any atom is 0.410 e. The van der Waals surface area contributed by atoms with Crippen molar-refractivity contribution in [3.63, 3.8) is 0 Å². The first-order chi connectivity index (χ1) is 35.0. The summed E-state index contributed by atoms with van der Waals surface area (Å²) < 4.78 is 67.7. The van der Waals surface area contributed by atoms with Gasteiger partial charge in [0.05, 0.1) is 66.8 Å². The van der Waals surface area contributed by atoms with Crippen molar-refractivity contribution < 1.29 is 26.4 Å². The maximum absolute atomic E-state index is 14.2. The Hall–Kier alpha value is -7.91. The molecule has 0 saturated carbocycles. The summed E-state index contributed by atoms with van der Waals surface area (Å²) >= 11 is 0. The molecule has 0 bridgehead atoms. The molecule has 73 heavy (non-hydrogen) atoms. The van der Waals surface area contributed by atoms with Crippen molar-refractivity contribution in [2.24, 2.45) is 14.1 Å². The monoisotopic (exact) mass is 1020 g/mol. The van der Waals surface area contributed by atoms with Crippen LogP contribution in [0.25, 0.3) is 44.6 Å². The smallest absolute Gasteiger partial charge is 0.410 e. The highest BCUT2D eigenvalue weighted by Gasteiger charge is 2.34. The topological polar surface area (TPSA) is 188 Å². The largest absolute Gasteiger partial charge is 0.444 e. The molecule has 18 nitrogen and oxygen atoms in total. The molecule has 10 rings (SSSR count). The number of fused-ring (bicyclic) bond motifs is 2. The van der Waals surface area contributed by atoms with E-state index in [1.54, 1.807) is 140 Å². The van der Waals surface area contributed by atoms with Crippen LogP contribution in [0.15, 0.2) is 120 Å². The second-order valence-corrected chi connectivity index (χ2v) is 22.0. The predicted molar refractivity (Wildman–Crippen MR) is 282 cm³/mol. The number of anilines is 2. The van der Waals surface area contributed by atoms with Crippen molar-refractivity contribution in [3.05, 3.63) is 121 Å². The SMILES string of the molecule is CC#Cc1c(-c2cnn(C)c2)n(S(=O)(=O)c2ccccc2)c2nccc(N3CCN(C(=O)OC(C)(C)C)CC3)c12.CC#Cc1c(-c2cnn(C)c2)n(S(=O)(=O)c2ccccc2)c2nccc(N3CCNCC3)c12. The third-order valence-electron chi connectivity index (χ3n) is 12.3. The zero-order valence-corrected chi connectivity index (χ0v) is 43.4. The average Bonchev–Trinajstić information content (AvgIpc) is 4.18. The fourth-order valence-corrected chi connectivity index (χ4v) is 12.2. The first-order valence-electron chi connectivity index (χ1n) is 23.7. The molecule has 1 amide bonds. The van der Waals surface area contributed by atoms with Crippen molar-refractivity contribution in [3.8, 4) is 46.2 Å². The molecule has 2 saturated heterocycles. The fraction of sp³-hybridized carbons (Fsp3) is 0.302. The van der Waals surface area contributed by atoms with Crippen LogP contribution in [-0.4, -0.2) is 123 Å². The third-order valence-corrected chi connectivity index (χ3v) is 15.7. The standard InChI is InChI=1S/C29H32N6O4S.C24H24N6O2S/c1-6-10-23-25-24(33-15-17-34(18-16-33)28(36)39-29(2,3)4)13-14-30-27(25)35(26(23)21-19-31-32(5)20-21)40(37,38)22-11-8-7-9-12-22;1-3-7-20-22-21(29-14-12-25-13-15-29)10-11-26-24(22)30(23(20)18-16-27-28(2)17-18)33(31,32)19-8-5-4-6-9-19/h7-9,11-14,19-20H,15-18H2,1-5H3;4-6,8-11,16-17,25H,12-15H2,1-2H3. The van der Waals surface area contributed by atoms with Crippen molar-refractivity contribution in [1.82, 2.24) is 47.7 Å². The highest BCUT2D eigenvalue weighted by atomic mass is 32.2. The summed E-state index contributed by atoms with van der Waals surface area (Å²) in [6.45, 7) is 14.4. The lowest BCUT2D eigenvalue weighted by atomic mass is 10.1. The lowest BCUT2D eigenvalue weighted by Crippen LogP contribution is -2.50. The van der Waals surface area contributed by atoms with Gasteiger partial charge in [-0.1, -0.05) is 48.2 Å². The van der Waals surface area contributed by atoms with E-state index >= 15 is 0 Å². The minimum Gasteiger partial charge on any atom is -0.444 e. The van der Waals surface area contributed by atoms with Gasteiger partial charge in [0.15, 0.2) is 11.3 Å². The Kier molecular flexibility index (Phi) is 13.9. The lowest BCUT2D eigenvalue weighted by Gasteiger charge is -2.37. The molecule has 2 aliphatic rings. The van der Waals surface area contributed by atoms with Gasteiger partial charge in [-0.05, 0) is 71.0 Å². The van der Waals surface area contributed by atoms with Crippen molar-refractivity contribution >= 4 is 59.6 Å².